The van der Waals surface area contributed by atoms with Gasteiger partial charge in [0.05, 0.1) is 32.3 Å². The first-order chi connectivity index (χ1) is 17.6. The number of methoxy groups -OCH3 is 2. The fourth-order valence-corrected chi connectivity index (χ4v) is 4.47. The van der Waals surface area contributed by atoms with Crippen molar-refractivity contribution in [2.75, 3.05) is 14.2 Å². The molecule has 1 aromatic heterocycles. The lowest BCUT2D eigenvalue weighted by Crippen LogP contribution is -2.25. The van der Waals surface area contributed by atoms with Crippen molar-refractivity contribution in [3.63, 3.8) is 0 Å². The van der Waals surface area contributed by atoms with Gasteiger partial charge in [-0.25, -0.2) is 4.39 Å². The van der Waals surface area contributed by atoms with Gasteiger partial charge in [-0.2, -0.15) is 0 Å². The number of benzene rings is 2. The van der Waals surface area contributed by atoms with E-state index in [0.717, 1.165) is 37.7 Å². The Balaban J connectivity index is 1.37. The van der Waals surface area contributed by atoms with Crippen LogP contribution in [-0.4, -0.2) is 31.4 Å². The van der Waals surface area contributed by atoms with Crippen LogP contribution in [0.2, 0.25) is 0 Å². The molecule has 8 heteroatoms. The summed E-state index contributed by atoms with van der Waals surface area (Å²) >= 11 is 0. The summed E-state index contributed by atoms with van der Waals surface area (Å²) < 4.78 is 42.7. The SMILES string of the molecule is COC(=O)C[C@H](c1cccc(OCc2noc(-c3cc(OC)ccc3F)c2OC2CCC2)c1)C1CC1. The molecular weight excluding hydrogens is 465 g/mol. The first-order valence-corrected chi connectivity index (χ1v) is 12.3. The zero-order chi connectivity index (χ0) is 25.1. The third-order valence-electron chi connectivity index (χ3n) is 6.94. The second-order valence-corrected chi connectivity index (χ2v) is 9.39. The molecule has 2 saturated carbocycles. The van der Waals surface area contributed by atoms with Gasteiger partial charge in [-0.05, 0) is 79.8 Å². The molecule has 2 aliphatic carbocycles. The lowest BCUT2D eigenvalue weighted by atomic mass is 9.91. The smallest absolute Gasteiger partial charge is 0.306 e. The molecule has 36 heavy (non-hydrogen) atoms. The van der Waals surface area contributed by atoms with Crippen LogP contribution in [0.4, 0.5) is 4.39 Å². The van der Waals surface area contributed by atoms with Crippen LogP contribution in [0.1, 0.15) is 55.7 Å². The number of aromatic nitrogens is 1. The minimum absolute atomic E-state index is 0.0384. The van der Waals surface area contributed by atoms with Crippen LogP contribution < -0.4 is 14.2 Å². The highest BCUT2D eigenvalue weighted by Crippen LogP contribution is 2.45. The zero-order valence-electron chi connectivity index (χ0n) is 20.5. The summed E-state index contributed by atoms with van der Waals surface area (Å²) in [5.74, 6) is 1.69. The minimum atomic E-state index is -0.456. The van der Waals surface area contributed by atoms with E-state index in [-0.39, 0.29) is 35.9 Å². The predicted molar refractivity (Wildman–Crippen MR) is 130 cm³/mol. The number of esters is 1. The third-order valence-corrected chi connectivity index (χ3v) is 6.94. The van der Waals surface area contributed by atoms with E-state index in [1.165, 1.54) is 20.3 Å². The summed E-state index contributed by atoms with van der Waals surface area (Å²) in [5.41, 5.74) is 1.72. The van der Waals surface area contributed by atoms with E-state index < -0.39 is 5.82 Å². The van der Waals surface area contributed by atoms with Gasteiger partial charge in [0.2, 0.25) is 5.76 Å². The highest BCUT2D eigenvalue weighted by molar-refractivity contribution is 5.70. The molecule has 190 valence electrons. The fourth-order valence-electron chi connectivity index (χ4n) is 4.47. The van der Waals surface area contributed by atoms with Crippen molar-refractivity contribution in [3.8, 4) is 28.6 Å². The molecule has 2 aliphatic rings. The van der Waals surface area contributed by atoms with Gasteiger partial charge in [-0.1, -0.05) is 17.3 Å². The summed E-state index contributed by atoms with van der Waals surface area (Å²) in [6.45, 7) is 0.0890. The van der Waals surface area contributed by atoms with Crippen molar-refractivity contribution >= 4 is 5.97 Å². The van der Waals surface area contributed by atoms with Crippen LogP contribution in [0.5, 0.6) is 17.2 Å². The number of hydrogen-bond acceptors (Lipinski definition) is 7. The summed E-state index contributed by atoms with van der Waals surface area (Å²) in [7, 11) is 2.94. The van der Waals surface area contributed by atoms with E-state index in [4.69, 9.17) is 23.5 Å². The molecule has 0 unspecified atom stereocenters. The molecule has 1 heterocycles. The quantitative estimate of drug-likeness (QED) is 0.299. The van der Waals surface area contributed by atoms with Crippen LogP contribution in [0.3, 0.4) is 0 Å². The molecule has 7 nitrogen and oxygen atoms in total. The van der Waals surface area contributed by atoms with Gasteiger partial charge in [0.25, 0.3) is 0 Å². The highest BCUT2D eigenvalue weighted by Gasteiger charge is 2.34. The monoisotopic (exact) mass is 495 g/mol. The molecule has 0 N–H and O–H groups in total. The molecule has 0 bridgehead atoms. The Morgan fingerprint density at radius 3 is 2.64 bits per heavy atom. The molecule has 3 aromatic rings. The summed E-state index contributed by atoms with van der Waals surface area (Å²) in [4.78, 5) is 11.9. The van der Waals surface area contributed by atoms with Gasteiger partial charge < -0.3 is 23.5 Å². The molecule has 0 amide bonds. The zero-order valence-corrected chi connectivity index (χ0v) is 20.5. The standard InChI is InChI=1S/C28H30FNO6/c1-32-20-11-12-24(29)23(14-20)27-28(35-19-6-4-7-19)25(30-36-27)16-34-21-8-3-5-18(13-21)22(17-9-10-17)15-26(31)33-2/h3,5,8,11-14,17,19,22H,4,6-7,9-10,15-16H2,1-2H3/t22-/m0/s1. The molecule has 0 radical (unpaired) electrons. The van der Waals surface area contributed by atoms with Crippen molar-refractivity contribution in [1.82, 2.24) is 5.16 Å². The van der Waals surface area contributed by atoms with E-state index in [1.807, 2.05) is 24.3 Å². The largest absolute Gasteiger partial charge is 0.497 e. The van der Waals surface area contributed by atoms with Gasteiger partial charge >= 0.3 is 5.97 Å². The lowest BCUT2D eigenvalue weighted by Gasteiger charge is -2.26. The number of ether oxygens (including phenoxy) is 4. The fraction of sp³-hybridized carbons (Fsp3) is 0.429. The Hall–Kier alpha value is -3.55. The van der Waals surface area contributed by atoms with Crippen molar-refractivity contribution in [2.45, 2.75) is 57.2 Å². The average Bonchev–Trinajstić information content (AvgIpc) is 3.64. The highest BCUT2D eigenvalue weighted by atomic mass is 19.1. The topological polar surface area (TPSA) is 80.0 Å². The maximum Gasteiger partial charge on any atom is 0.306 e. The van der Waals surface area contributed by atoms with Crippen LogP contribution in [0, 0.1) is 11.7 Å². The van der Waals surface area contributed by atoms with E-state index in [2.05, 4.69) is 5.16 Å². The molecule has 2 fully saturated rings. The van der Waals surface area contributed by atoms with E-state index in [9.17, 15) is 9.18 Å². The molecule has 0 spiro atoms. The van der Waals surface area contributed by atoms with Gasteiger partial charge in [0, 0.05) is 0 Å². The second kappa shape index (κ2) is 10.6. The van der Waals surface area contributed by atoms with Crippen molar-refractivity contribution in [3.05, 3.63) is 59.5 Å². The summed E-state index contributed by atoms with van der Waals surface area (Å²) in [6, 6.07) is 12.2. The van der Waals surface area contributed by atoms with Gasteiger partial charge in [-0.15, -0.1) is 0 Å². The first kappa shape index (κ1) is 24.2. The Morgan fingerprint density at radius 2 is 1.94 bits per heavy atom. The Bertz CT molecular complexity index is 1220. The normalized spacial score (nSPS) is 16.2. The average molecular weight is 496 g/mol. The Kier molecular flexibility index (Phi) is 7.11. The maximum atomic E-state index is 14.7. The minimum Gasteiger partial charge on any atom is -0.497 e. The predicted octanol–water partition coefficient (Wildman–Crippen LogP) is 6.06. The van der Waals surface area contributed by atoms with Crippen LogP contribution in [0.25, 0.3) is 11.3 Å². The van der Waals surface area contributed by atoms with Crippen LogP contribution in [-0.2, 0) is 16.1 Å². The van der Waals surface area contributed by atoms with Crippen LogP contribution in [0.15, 0.2) is 47.0 Å². The second-order valence-electron chi connectivity index (χ2n) is 9.39. The molecule has 1 atom stereocenters. The molecular formula is C28H30FNO6. The number of carbonyl (C=O) groups excluding carboxylic acids is 1. The van der Waals surface area contributed by atoms with E-state index in [1.54, 1.807) is 12.1 Å². The van der Waals surface area contributed by atoms with Crippen LogP contribution >= 0.6 is 0 Å². The van der Waals surface area contributed by atoms with Gasteiger partial charge in [0.15, 0.2) is 11.4 Å². The number of halogens is 1. The number of carbonyl (C=O) groups is 1. The molecule has 5 rings (SSSR count). The third kappa shape index (κ3) is 5.32. The molecule has 0 aliphatic heterocycles. The van der Waals surface area contributed by atoms with E-state index in [0.29, 0.717) is 35.3 Å². The summed E-state index contributed by atoms with van der Waals surface area (Å²) in [5, 5.41) is 4.17. The number of nitrogens with zero attached hydrogens (tertiary/aromatic N) is 1. The maximum absolute atomic E-state index is 14.7. The molecule has 0 saturated heterocycles. The number of rotatable bonds is 11. The Labute approximate surface area is 209 Å². The van der Waals surface area contributed by atoms with Gasteiger partial charge in [-0.3, -0.25) is 4.79 Å². The van der Waals surface area contributed by atoms with Gasteiger partial charge in [0.1, 0.15) is 23.9 Å². The lowest BCUT2D eigenvalue weighted by molar-refractivity contribution is -0.141. The van der Waals surface area contributed by atoms with Crippen molar-refractivity contribution < 1.29 is 32.7 Å². The summed E-state index contributed by atoms with van der Waals surface area (Å²) in [6.07, 6.45) is 5.55. The molecule has 2 aromatic carbocycles. The number of hydrogen-bond donors (Lipinski definition) is 0. The first-order valence-electron chi connectivity index (χ1n) is 12.3. The van der Waals surface area contributed by atoms with Crippen molar-refractivity contribution in [1.29, 1.82) is 0 Å². The van der Waals surface area contributed by atoms with E-state index >= 15 is 0 Å². The van der Waals surface area contributed by atoms with Crippen molar-refractivity contribution in [2.24, 2.45) is 5.92 Å². The Morgan fingerprint density at radius 1 is 1.11 bits per heavy atom.